The van der Waals surface area contributed by atoms with Gasteiger partial charge < -0.3 is 4.74 Å². The van der Waals surface area contributed by atoms with E-state index in [1.54, 1.807) is 0 Å². The van der Waals surface area contributed by atoms with E-state index in [-0.39, 0.29) is 11.1 Å². The van der Waals surface area contributed by atoms with E-state index in [2.05, 4.69) is 75.1 Å². The van der Waals surface area contributed by atoms with Gasteiger partial charge in [0.1, 0.15) is 11.4 Å². The van der Waals surface area contributed by atoms with Gasteiger partial charge in [-0.25, -0.2) is 0 Å². The van der Waals surface area contributed by atoms with Crippen LogP contribution < -0.4 is 4.74 Å². The quantitative estimate of drug-likeness (QED) is 0.567. The molecule has 0 aromatic heterocycles. The van der Waals surface area contributed by atoms with Gasteiger partial charge in [0.2, 0.25) is 0 Å². The van der Waals surface area contributed by atoms with Gasteiger partial charge in [-0.15, -0.1) is 0 Å². The van der Waals surface area contributed by atoms with Gasteiger partial charge >= 0.3 is 0 Å². The summed E-state index contributed by atoms with van der Waals surface area (Å²) in [6.07, 6.45) is 4.56. The van der Waals surface area contributed by atoms with Crippen LogP contribution in [0.3, 0.4) is 0 Å². The van der Waals surface area contributed by atoms with Crippen molar-refractivity contribution in [2.45, 2.75) is 70.3 Å². The number of nitrogens with zero attached hydrogens (tertiary/aromatic N) is 1. The summed E-state index contributed by atoms with van der Waals surface area (Å²) in [4.78, 5) is 2.60. The van der Waals surface area contributed by atoms with Crippen molar-refractivity contribution < 1.29 is 4.74 Å². The maximum Gasteiger partial charge on any atom is 0.123 e. The molecular weight excluding hydrogens is 374 g/mol. The minimum atomic E-state index is 0.0505. The van der Waals surface area contributed by atoms with Crippen molar-refractivity contribution in [3.8, 4) is 16.9 Å². The first-order valence-electron chi connectivity index (χ1n) is 11.1. The number of fused-ring (bicyclic) bond motifs is 1. The molecule has 29 heavy (non-hydrogen) atoms. The highest BCUT2D eigenvalue weighted by molar-refractivity contribution is 7.98. The second-order valence-electron chi connectivity index (χ2n) is 9.60. The molecule has 3 heteroatoms. The number of hydrogen-bond acceptors (Lipinski definition) is 3. The average molecular weight is 410 g/mol. The first kappa shape index (κ1) is 20.8. The molecule has 2 nitrogen and oxygen atoms in total. The third-order valence-corrected chi connectivity index (χ3v) is 7.57. The van der Waals surface area contributed by atoms with Crippen molar-refractivity contribution in [1.82, 2.24) is 4.90 Å². The lowest BCUT2D eigenvalue weighted by molar-refractivity contribution is -0.0355. The summed E-state index contributed by atoms with van der Waals surface area (Å²) < 4.78 is 6.65. The van der Waals surface area contributed by atoms with Crippen LogP contribution in [0, 0.1) is 0 Å². The van der Waals surface area contributed by atoms with Crippen molar-refractivity contribution in [1.29, 1.82) is 0 Å². The third kappa shape index (κ3) is 4.67. The van der Waals surface area contributed by atoms with E-state index >= 15 is 0 Å². The zero-order valence-electron chi connectivity index (χ0n) is 18.5. The fourth-order valence-electron chi connectivity index (χ4n) is 4.65. The zero-order chi connectivity index (χ0) is 20.5. The molecule has 4 rings (SSSR count). The van der Waals surface area contributed by atoms with Crippen LogP contribution in [0.1, 0.15) is 58.1 Å². The van der Waals surface area contributed by atoms with E-state index in [0.29, 0.717) is 0 Å². The molecule has 156 valence electrons. The molecular formula is C26H35NOS. The zero-order valence-corrected chi connectivity index (χ0v) is 19.3. The van der Waals surface area contributed by atoms with Crippen LogP contribution in [0.4, 0.5) is 0 Å². The molecule has 0 saturated carbocycles. The Morgan fingerprint density at radius 2 is 1.66 bits per heavy atom. The molecule has 0 amide bonds. The van der Waals surface area contributed by atoms with Crippen LogP contribution in [0.5, 0.6) is 5.75 Å². The minimum absolute atomic E-state index is 0.0505. The number of hydrogen-bond donors (Lipinski definition) is 0. The van der Waals surface area contributed by atoms with E-state index in [4.69, 9.17) is 4.74 Å². The molecule has 0 aliphatic carbocycles. The van der Waals surface area contributed by atoms with Gasteiger partial charge in [0.05, 0.1) is 0 Å². The Hall–Kier alpha value is -1.45. The van der Waals surface area contributed by atoms with Crippen LogP contribution in [0.2, 0.25) is 0 Å². The Bertz CT molecular complexity index is 829. The molecule has 1 fully saturated rings. The Morgan fingerprint density at radius 3 is 2.31 bits per heavy atom. The Balaban J connectivity index is 1.45. The van der Waals surface area contributed by atoms with Crippen LogP contribution >= 0.6 is 11.8 Å². The molecule has 1 saturated heterocycles. The molecule has 2 aromatic carbocycles. The van der Waals surface area contributed by atoms with Crippen molar-refractivity contribution in [3.63, 3.8) is 0 Å². The van der Waals surface area contributed by atoms with E-state index < -0.39 is 0 Å². The summed E-state index contributed by atoms with van der Waals surface area (Å²) in [7, 11) is 0. The maximum absolute atomic E-state index is 6.65. The smallest absolute Gasteiger partial charge is 0.123 e. The largest absolute Gasteiger partial charge is 0.487 e. The van der Waals surface area contributed by atoms with Gasteiger partial charge in [-0.2, -0.15) is 11.8 Å². The number of thioether (sulfide) groups is 1. The first-order valence-corrected chi connectivity index (χ1v) is 12.3. The van der Waals surface area contributed by atoms with Gasteiger partial charge in [-0.1, -0.05) is 37.3 Å². The summed E-state index contributed by atoms with van der Waals surface area (Å²) in [5, 5.41) is 0. The van der Waals surface area contributed by atoms with E-state index in [9.17, 15) is 0 Å². The van der Waals surface area contributed by atoms with Crippen LogP contribution in [0.15, 0.2) is 42.5 Å². The summed E-state index contributed by atoms with van der Waals surface area (Å²) in [5.41, 5.74) is 5.70. The first-order chi connectivity index (χ1) is 13.9. The molecule has 1 spiro atoms. The second-order valence-corrected chi connectivity index (χ2v) is 10.9. The monoisotopic (exact) mass is 409 g/mol. The lowest BCUT2D eigenvalue weighted by Crippen LogP contribution is -2.54. The predicted octanol–water partition coefficient (Wildman–Crippen LogP) is 6.56. The molecule has 2 aliphatic rings. The fraction of sp³-hybridized carbons (Fsp3) is 0.538. The summed E-state index contributed by atoms with van der Waals surface area (Å²) in [5.74, 6) is 3.38. The number of aryl methyl sites for hydroxylation is 1. The standard InChI is InChI=1S/C26H35NOS/c1-5-29-19-20-6-8-21(9-7-20)22-10-11-24-23(18-22)12-13-26(28-24)14-16-27(17-15-26)25(2,3)4/h6-11,18H,5,12-17,19H2,1-4H3. The third-order valence-electron chi connectivity index (χ3n) is 6.62. The summed E-state index contributed by atoms with van der Waals surface area (Å²) >= 11 is 1.97. The highest BCUT2D eigenvalue weighted by Gasteiger charge is 2.41. The van der Waals surface area contributed by atoms with Crippen LogP contribution in [-0.4, -0.2) is 34.9 Å². The van der Waals surface area contributed by atoms with Gasteiger partial charge in [0, 0.05) is 24.4 Å². The molecule has 0 N–H and O–H groups in total. The number of likely N-dealkylation sites (tertiary alicyclic amines) is 1. The lowest BCUT2D eigenvalue weighted by Gasteiger charge is -2.48. The Kier molecular flexibility index (Phi) is 5.99. The van der Waals surface area contributed by atoms with Gasteiger partial charge in [-0.05, 0) is 86.6 Å². The lowest BCUT2D eigenvalue weighted by atomic mass is 9.81. The Labute approximate surface area is 181 Å². The van der Waals surface area contributed by atoms with Crippen molar-refractivity contribution in [3.05, 3.63) is 53.6 Å². The van der Waals surface area contributed by atoms with Crippen molar-refractivity contribution in [2.75, 3.05) is 18.8 Å². The molecule has 2 aliphatic heterocycles. The number of benzene rings is 2. The fourth-order valence-corrected chi connectivity index (χ4v) is 5.28. The van der Waals surface area contributed by atoms with Gasteiger partial charge in [0.15, 0.2) is 0 Å². The van der Waals surface area contributed by atoms with Gasteiger partial charge in [0.25, 0.3) is 0 Å². The molecule has 0 unspecified atom stereocenters. The normalized spacial score (nSPS) is 19.0. The molecule has 0 atom stereocenters. The molecule has 2 heterocycles. The van der Waals surface area contributed by atoms with Crippen molar-refractivity contribution in [2.24, 2.45) is 0 Å². The van der Waals surface area contributed by atoms with Crippen LogP contribution in [0.25, 0.3) is 11.1 Å². The topological polar surface area (TPSA) is 12.5 Å². The summed E-state index contributed by atoms with van der Waals surface area (Å²) in [6.45, 7) is 11.4. The molecule has 0 bridgehead atoms. The highest BCUT2D eigenvalue weighted by Crippen LogP contribution is 2.41. The maximum atomic E-state index is 6.65. The van der Waals surface area contributed by atoms with Crippen LogP contribution in [-0.2, 0) is 12.2 Å². The van der Waals surface area contributed by atoms with Gasteiger partial charge in [-0.3, -0.25) is 4.90 Å². The van der Waals surface area contributed by atoms with E-state index in [1.807, 2.05) is 11.8 Å². The predicted molar refractivity (Wildman–Crippen MR) is 126 cm³/mol. The average Bonchev–Trinajstić information content (AvgIpc) is 2.72. The van der Waals surface area contributed by atoms with E-state index in [1.165, 1.54) is 28.0 Å². The Morgan fingerprint density at radius 1 is 0.966 bits per heavy atom. The SMILES string of the molecule is CCSCc1ccc(-c2ccc3c(c2)CCC2(CCN(C(C)(C)C)CC2)O3)cc1. The molecule has 2 aromatic rings. The minimum Gasteiger partial charge on any atom is -0.487 e. The molecule has 0 radical (unpaired) electrons. The number of piperidine rings is 1. The summed E-state index contributed by atoms with van der Waals surface area (Å²) in [6, 6.07) is 15.9. The van der Waals surface area contributed by atoms with E-state index in [0.717, 1.165) is 50.3 Å². The van der Waals surface area contributed by atoms with Crippen molar-refractivity contribution >= 4 is 11.8 Å². The number of rotatable bonds is 4. The number of ether oxygens (including phenoxy) is 1. The highest BCUT2D eigenvalue weighted by atomic mass is 32.2. The second kappa shape index (κ2) is 8.35.